The molecular weight excluding hydrogens is 280 g/mol. The van der Waals surface area contributed by atoms with Crippen LogP contribution in [0.15, 0.2) is 12.2 Å². The second-order valence-electron chi connectivity index (χ2n) is 8.02. The number of fused-ring (bicyclic) bond motifs is 1. The van der Waals surface area contributed by atoms with Gasteiger partial charge in [0.05, 0.1) is 0 Å². The summed E-state index contributed by atoms with van der Waals surface area (Å²) in [7, 11) is 0. The van der Waals surface area contributed by atoms with Gasteiger partial charge in [0, 0.05) is 11.8 Å². The quantitative estimate of drug-likeness (QED) is 0.221. The molecule has 1 heteroatoms. The van der Waals surface area contributed by atoms with E-state index in [1.807, 2.05) is 0 Å². The van der Waals surface area contributed by atoms with E-state index in [1.165, 1.54) is 89.9 Å². The second kappa shape index (κ2) is 10.3. The molecule has 0 bridgehead atoms. The number of hydrogen-bond acceptors (Lipinski definition) is 1. The van der Waals surface area contributed by atoms with Gasteiger partial charge in [0.1, 0.15) is 5.78 Å². The minimum atomic E-state index is 0.265. The topological polar surface area (TPSA) is 17.1 Å². The van der Waals surface area contributed by atoms with Crippen LogP contribution in [-0.4, -0.2) is 5.78 Å². The predicted molar refractivity (Wildman–Crippen MR) is 99.6 cm³/mol. The average molecular weight is 319 g/mol. The zero-order chi connectivity index (χ0) is 16.4. The Bertz CT molecular complexity index is 362. The summed E-state index contributed by atoms with van der Waals surface area (Å²) >= 11 is 0. The van der Waals surface area contributed by atoms with Crippen LogP contribution in [0.3, 0.4) is 0 Å². The van der Waals surface area contributed by atoms with E-state index < -0.39 is 0 Å². The van der Waals surface area contributed by atoms with Crippen LogP contribution in [0.4, 0.5) is 0 Å². The van der Waals surface area contributed by atoms with Gasteiger partial charge in [0.25, 0.3) is 0 Å². The number of carbonyl (C=O) groups is 1. The Labute approximate surface area is 144 Å². The Morgan fingerprint density at radius 1 is 0.826 bits per heavy atom. The summed E-state index contributed by atoms with van der Waals surface area (Å²) in [6.07, 6.45) is 25.4. The fraction of sp³-hybridized carbons (Fsp3) is 0.864. The van der Waals surface area contributed by atoms with E-state index in [-0.39, 0.29) is 5.41 Å². The van der Waals surface area contributed by atoms with E-state index in [4.69, 9.17) is 0 Å². The lowest BCUT2D eigenvalue weighted by Gasteiger charge is -2.03. The first-order chi connectivity index (χ1) is 11.3. The molecule has 2 aliphatic carbocycles. The SMILES string of the molecule is CCCCCCCC/C=C/CCCCCCCC(=O)C12CC1C2. The zero-order valence-electron chi connectivity index (χ0n) is 15.5. The molecule has 0 saturated heterocycles. The summed E-state index contributed by atoms with van der Waals surface area (Å²) in [6.45, 7) is 2.28. The van der Waals surface area contributed by atoms with Crippen molar-refractivity contribution >= 4 is 5.78 Å². The Morgan fingerprint density at radius 2 is 1.30 bits per heavy atom. The van der Waals surface area contributed by atoms with Crippen LogP contribution >= 0.6 is 0 Å². The van der Waals surface area contributed by atoms with Gasteiger partial charge in [-0.15, -0.1) is 0 Å². The first-order valence-corrected chi connectivity index (χ1v) is 10.5. The predicted octanol–water partition coefficient (Wildman–Crippen LogP) is 7.00. The molecule has 0 atom stereocenters. The molecule has 23 heavy (non-hydrogen) atoms. The molecule has 0 aliphatic heterocycles. The van der Waals surface area contributed by atoms with Crippen LogP contribution in [0, 0.1) is 11.3 Å². The van der Waals surface area contributed by atoms with Crippen LogP contribution in [0.25, 0.3) is 0 Å². The lowest BCUT2D eigenvalue weighted by Crippen LogP contribution is -2.06. The number of allylic oxidation sites excluding steroid dienone is 2. The van der Waals surface area contributed by atoms with Crippen molar-refractivity contribution in [3.8, 4) is 0 Å². The molecule has 0 amide bonds. The number of ketones is 1. The monoisotopic (exact) mass is 318 g/mol. The molecule has 0 aromatic heterocycles. The third-order valence-electron chi connectivity index (χ3n) is 5.90. The van der Waals surface area contributed by atoms with Crippen LogP contribution in [0.1, 0.15) is 110 Å². The highest BCUT2D eigenvalue weighted by atomic mass is 16.1. The van der Waals surface area contributed by atoms with Crippen molar-refractivity contribution in [2.45, 2.75) is 110 Å². The molecule has 2 fully saturated rings. The van der Waals surface area contributed by atoms with E-state index >= 15 is 0 Å². The highest BCUT2D eigenvalue weighted by Gasteiger charge is 2.73. The maximum absolute atomic E-state index is 11.9. The summed E-state index contributed by atoms with van der Waals surface area (Å²) in [4.78, 5) is 11.9. The minimum Gasteiger partial charge on any atom is -0.299 e. The maximum Gasteiger partial charge on any atom is 0.139 e. The van der Waals surface area contributed by atoms with Gasteiger partial charge in [-0.1, -0.05) is 70.4 Å². The number of rotatable bonds is 16. The Balaban J connectivity index is 1.26. The van der Waals surface area contributed by atoms with Gasteiger partial charge in [0.2, 0.25) is 0 Å². The van der Waals surface area contributed by atoms with E-state index in [0.29, 0.717) is 5.78 Å². The Kier molecular flexibility index (Phi) is 8.40. The molecule has 1 nitrogen and oxygen atoms in total. The molecule has 0 heterocycles. The molecule has 2 aliphatic rings. The van der Waals surface area contributed by atoms with Crippen molar-refractivity contribution in [2.75, 3.05) is 0 Å². The average Bonchev–Trinajstić information content (AvgIpc) is 3.41. The molecular formula is C22H38O. The van der Waals surface area contributed by atoms with Gasteiger partial charge in [-0.3, -0.25) is 4.79 Å². The lowest BCUT2D eigenvalue weighted by molar-refractivity contribution is -0.122. The van der Waals surface area contributed by atoms with Crippen molar-refractivity contribution < 1.29 is 4.79 Å². The molecule has 0 radical (unpaired) electrons. The summed E-state index contributed by atoms with van der Waals surface area (Å²) in [5, 5.41) is 0. The van der Waals surface area contributed by atoms with Crippen molar-refractivity contribution in [1.82, 2.24) is 0 Å². The van der Waals surface area contributed by atoms with E-state index in [1.54, 1.807) is 0 Å². The van der Waals surface area contributed by atoms with Crippen LogP contribution in [0.2, 0.25) is 0 Å². The maximum atomic E-state index is 11.9. The molecule has 2 rings (SSSR count). The normalized spacial score (nSPS) is 24.8. The summed E-state index contributed by atoms with van der Waals surface area (Å²) in [6, 6.07) is 0. The van der Waals surface area contributed by atoms with Crippen LogP contribution in [-0.2, 0) is 4.79 Å². The number of unbranched alkanes of at least 4 members (excludes halogenated alkanes) is 11. The summed E-state index contributed by atoms with van der Waals surface area (Å²) in [5.74, 6) is 1.43. The summed E-state index contributed by atoms with van der Waals surface area (Å²) < 4.78 is 0. The highest BCUT2D eigenvalue weighted by molar-refractivity contribution is 5.91. The van der Waals surface area contributed by atoms with E-state index in [9.17, 15) is 4.79 Å². The van der Waals surface area contributed by atoms with Crippen molar-refractivity contribution in [3.63, 3.8) is 0 Å². The lowest BCUT2D eigenvalue weighted by atomic mass is 10.0. The molecule has 0 spiro atoms. The first-order valence-electron chi connectivity index (χ1n) is 10.5. The number of carbonyl (C=O) groups excluding carboxylic acids is 1. The van der Waals surface area contributed by atoms with Crippen molar-refractivity contribution in [2.24, 2.45) is 11.3 Å². The molecule has 0 N–H and O–H groups in total. The van der Waals surface area contributed by atoms with E-state index in [2.05, 4.69) is 19.1 Å². The van der Waals surface area contributed by atoms with Gasteiger partial charge < -0.3 is 0 Å². The van der Waals surface area contributed by atoms with Crippen molar-refractivity contribution in [1.29, 1.82) is 0 Å². The largest absolute Gasteiger partial charge is 0.299 e. The Hall–Kier alpha value is -0.590. The Morgan fingerprint density at radius 3 is 1.83 bits per heavy atom. The molecule has 0 aromatic rings. The van der Waals surface area contributed by atoms with Crippen molar-refractivity contribution in [3.05, 3.63) is 12.2 Å². The first kappa shape index (κ1) is 18.7. The molecule has 2 saturated carbocycles. The third kappa shape index (κ3) is 6.81. The fourth-order valence-electron chi connectivity index (χ4n) is 3.76. The third-order valence-corrected chi connectivity index (χ3v) is 5.90. The highest BCUT2D eigenvalue weighted by Crippen LogP contribution is 2.76. The van der Waals surface area contributed by atoms with Gasteiger partial charge in [0.15, 0.2) is 0 Å². The van der Waals surface area contributed by atoms with E-state index in [0.717, 1.165) is 18.8 Å². The van der Waals surface area contributed by atoms with Crippen LogP contribution < -0.4 is 0 Å². The number of hydrogen-bond donors (Lipinski definition) is 0. The smallest absolute Gasteiger partial charge is 0.139 e. The zero-order valence-corrected chi connectivity index (χ0v) is 15.5. The standard InChI is InChI=1S/C22H38O/c1-2-3-4-5-6-7-8-9-10-11-12-13-14-15-16-17-21(23)22-18-20(22)19-22/h9-10,20H,2-8,11-19H2,1H3/b10-9+. The van der Waals surface area contributed by atoms with Gasteiger partial charge in [-0.2, -0.15) is 0 Å². The van der Waals surface area contributed by atoms with Gasteiger partial charge >= 0.3 is 0 Å². The molecule has 0 aromatic carbocycles. The number of Topliss-reactive ketones (excluding diaryl/α,β-unsaturated/α-hetero) is 1. The van der Waals surface area contributed by atoms with Gasteiger partial charge in [-0.25, -0.2) is 0 Å². The molecule has 0 unspecified atom stereocenters. The van der Waals surface area contributed by atoms with Crippen LogP contribution in [0.5, 0.6) is 0 Å². The minimum absolute atomic E-state index is 0.265. The second-order valence-corrected chi connectivity index (χ2v) is 8.02. The fourth-order valence-corrected chi connectivity index (χ4v) is 3.76. The summed E-state index contributed by atoms with van der Waals surface area (Å²) in [5.41, 5.74) is 0.265. The molecule has 132 valence electrons. The van der Waals surface area contributed by atoms with Gasteiger partial charge in [-0.05, 0) is 50.9 Å².